The first kappa shape index (κ1) is 22.4. The number of amides is 1. The van der Waals surface area contributed by atoms with Crippen LogP contribution in [0.25, 0.3) is 0 Å². The van der Waals surface area contributed by atoms with Gasteiger partial charge in [0, 0.05) is 25.2 Å². The number of benzene rings is 1. The van der Waals surface area contributed by atoms with Gasteiger partial charge in [0.1, 0.15) is 5.82 Å². The van der Waals surface area contributed by atoms with E-state index in [1.54, 1.807) is 6.07 Å². The molecular weight excluding hydrogens is 398 g/mol. The Kier molecular flexibility index (Phi) is 6.57. The molecule has 0 aliphatic rings. The van der Waals surface area contributed by atoms with E-state index >= 15 is 0 Å². The fourth-order valence-corrected chi connectivity index (χ4v) is 3.89. The summed E-state index contributed by atoms with van der Waals surface area (Å²) in [7, 11) is -0.640. The lowest BCUT2D eigenvalue weighted by molar-refractivity contribution is -0.113. The second-order valence-corrected chi connectivity index (χ2v) is 10.8. The van der Waals surface area contributed by atoms with Gasteiger partial charge in [-0.15, -0.1) is 5.10 Å². The number of carbonyl (C=O) groups excluding carboxylic acids is 1. The van der Waals surface area contributed by atoms with Crippen LogP contribution in [0.1, 0.15) is 37.7 Å². The highest BCUT2D eigenvalue weighted by Gasteiger charge is 2.21. The zero-order valence-electron chi connectivity index (χ0n) is 17.2. The molecule has 2 rings (SSSR count). The van der Waals surface area contributed by atoms with Gasteiger partial charge in [0.25, 0.3) is 0 Å². The van der Waals surface area contributed by atoms with Crippen LogP contribution in [0.4, 0.5) is 5.69 Å². The molecular formula is C18H27N5O3S2. The number of hydrogen-bond donors (Lipinski definition) is 2. The normalized spacial score (nSPS) is 12.4. The molecule has 0 radical (unpaired) electrons. The van der Waals surface area contributed by atoms with Crippen LogP contribution in [0.5, 0.6) is 0 Å². The van der Waals surface area contributed by atoms with E-state index in [1.165, 1.54) is 31.9 Å². The number of anilines is 1. The van der Waals surface area contributed by atoms with Crippen LogP contribution in [0.2, 0.25) is 0 Å². The van der Waals surface area contributed by atoms with Gasteiger partial charge in [-0.3, -0.25) is 9.89 Å². The molecule has 2 N–H and O–H groups in total. The van der Waals surface area contributed by atoms with Crippen molar-refractivity contribution in [2.45, 2.75) is 50.1 Å². The molecule has 28 heavy (non-hydrogen) atoms. The lowest BCUT2D eigenvalue weighted by Crippen LogP contribution is -2.23. The third kappa shape index (κ3) is 5.12. The smallest absolute Gasteiger partial charge is 0.242 e. The van der Waals surface area contributed by atoms with Crippen molar-refractivity contribution in [2.75, 3.05) is 25.2 Å². The average molecular weight is 426 g/mol. The van der Waals surface area contributed by atoms with E-state index in [4.69, 9.17) is 0 Å². The molecule has 0 atom stereocenters. The summed E-state index contributed by atoms with van der Waals surface area (Å²) in [6.07, 6.45) is 0. The van der Waals surface area contributed by atoms with Crippen molar-refractivity contribution < 1.29 is 13.2 Å². The summed E-state index contributed by atoms with van der Waals surface area (Å²) in [5, 5.41) is 10.3. The third-order valence-corrected chi connectivity index (χ3v) is 6.84. The van der Waals surface area contributed by atoms with E-state index < -0.39 is 10.0 Å². The molecule has 0 aliphatic heterocycles. The summed E-state index contributed by atoms with van der Waals surface area (Å²) < 4.78 is 26.0. The molecule has 0 fully saturated rings. The fraction of sp³-hybridized carbons (Fsp3) is 0.500. The number of nitrogens with one attached hydrogen (secondary N) is 2. The van der Waals surface area contributed by atoms with Gasteiger partial charge in [-0.25, -0.2) is 17.7 Å². The molecule has 10 heteroatoms. The predicted octanol–water partition coefficient (Wildman–Crippen LogP) is 2.70. The first-order chi connectivity index (χ1) is 12.8. The molecule has 1 heterocycles. The number of carbonyl (C=O) groups is 1. The number of H-pyrrole nitrogens is 1. The molecule has 0 spiro atoms. The summed E-state index contributed by atoms with van der Waals surface area (Å²) in [5.74, 6) is 0.613. The maximum Gasteiger partial charge on any atom is 0.242 e. The standard InChI is InChI=1S/C18H27N5O3S2/c1-11-8-13(28(25,26)23(6)7)9-14(12(11)2)19-15(24)10-27-17-20-16(21-22-17)18(3,4)5/h8-9H,10H2,1-7H3,(H,19,24)(H,20,21,22). The van der Waals surface area contributed by atoms with E-state index in [1.807, 2.05) is 34.6 Å². The number of aromatic nitrogens is 3. The second-order valence-electron chi connectivity index (χ2n) is 7.75. The summed E-state index contributed by atoms with van der Waals surface area (Å²) in [6.45, 7) is 9.72. The van der Waals surface area contributed by atoms with Crippen LogP contribution < -0.4 is 5.32 Å². The molecule has 0 unspecified atom stereocenters. The van der Waals surface area contributed by atoms with Crippen LogP contribution in [-0.4, -0.2) is 53.7 Å². The van der Waals surface area contributed by atoms with Crippen molar-refractivity contribution in [3.05, 3.63) is 29.1 Å². The minimum Gasteiger partial charge on any atom is -0.325 e. The predicted molar refractivity (Wildman–Crippen MR) is 111 cm³/mol. The van der Waals surface area contributed by atoms with Gasteiger partial charge in [-0.2, -0.15) is 0 Å². The Bertz CT molecular complexity index is 976. The van der Waals surface area contributed by atoms with Gasteiger partial charge in [-0.1, -0.05) is 32.5 Å². The Morgan fingerprint density at radius 2 is 1.89 bits per heavy atom. The van der Waals surface area contributed by atoms with Crippen LogP contribution in [-0.2, 0) is 20.2 Å². The number of rotatable bonds is 6. The maximum atomic E-state index is 12.4. The molecule has 8 nitrogen and oxygen atoms in total. The fourth-order valence-electron chi connectivity index (χ4n) is 2.28. The van der Waals surface area contributed by atoms with E-state index in [2.05, 4.69) is 20.5 Å². The van der Waals surface area contributed by atoms with Crippen LogP contribution in [0.3, 0.4) is 0 Å². The van der Waals surface area contributed by atoms with Crippen molar-refractivity contribution >= 4 is 33.4 Å². The zero-order chi connectivity index (χ0) is 21.3. The molecule has 154 valence electrons. The Morgan fingerprint density at radius 1 is 1.25 bits per heavy atom. The molecule has 1 aromatic heterocycles. The molecule has 0 aliphatic carbocycles. The van der Waals surface area contributed by atoms with Gasteiger partial charge in [0.15, 0.2) is 0 Å². The Hall–Kier alpha value is -1.91. The summed E-state index contributed by atoms with van der Waals surface area (Å²) in [4.78, 5) is 16.9. The highest BCUT2D eigenvalue weighted by Crippen LogP contribution is 2.26. The van der Waals surface area contributed by atoms with Crippen molar-refractivity contribution in [1.82, 2.24) is 19.5 Å². The largest absolute Gasteiger partial charge is 0.325 e. The van der Waals surface area contributed by atoms with Crippen molar-refractivity contribution in [2.24, 2.45) is 0 Å². The monoisotopic (exact) mass is 425 g/mol. The maximum absolute atomic E-state index is 12.4. The molecule has 1 aromatic carbocycles. The van der Waals surface area contributed by atoms with Gasteiger partial charge < -0.3 is 5.32 Å². The number of aromatic amines is 1. The summed E-state index contributed by atoms with van der Waals surface area (Å²) in [6, 6.07) is 3.10. The van der Waals surface area contributed by atoms with E-state index in [0.29, 0.717) is 10.8 Å². The van der Waals surface area contributed by atoms with Gasteiger partial charge in [0.05, 0.1) is 10.6 Å². The zero-order valence-corrected chi connectivity index (χ0v) is 18.9. The molecule has 0 bridgehead atoms. The average Bonchev–Trinajstić information content (AvgIpc) is 3.06. The van der Waals surface area contributed by atoms with Crippen LogP contribution >= 0.6 is 11.8 Å². The molecule has 2 aromatic rings. The highest BCUT2D eigenvalue weighted by atomic mass is 32.2. The molecule has 0 saturated heterocycles. The lowest BCUT2D eigenvalue weighted by atomic mass is 9.96. The number of aryl methyl sites for hydroxylation is 1. The van der Waals surface area contributed by atoms with Crippen molar-refractivity contribution in [3.63, 3.8) is 0 Å². The second kappa shape index (κ2) is 8.22. The first-order valence-electron chi connectivity index (χ1n) is 8.71. The minimum atomic E-state index is -3.59. The number of sulfonamides is 1. The SMILES string of the molecule is Cc1cc(S(=O)(=O)N(C)C)cc(NC(=O)CSc2n[nH]c(C(C)(C)C)n2)c1C. The number of hydrogen-bond acceptors (Lipinski definition) is 6. The van der Waals surface area contributed by atoms with E-state index in [0.717, 1.165) is 21.3 Å². The summed E-state index contributed by atoms with van der Waals surface area (Å²) >= 11 is 1.22. The van der Waals surface area contributed by atoms with Crippen molar-refractivity contribution in [3.8, 4) is 0 Å². The van der Waals surface area contributed by atoms with Gasteiger partial charge in [0.2, 0.25) is 21.1 Å². The van der Waals surface area contributed by atoms with Gasteiger partial charge >= 0.3 is 0 Å². The quantitative estimate of drug-likeness (QED) is 0.689. The first-order valence-corrected chi connectivity index (χ1v) is 11.1. The van der Waals surface area contributed by atoms with E-state index in [9.17, 15) is 13.2 Å². The topological polar surface area (TPSA) is 108 Å². The Morgan fingerprint density at radius 3 is 2.43 bits per heavy atom. The van der Waals surface area contributed by atoms with Crippen molar-refractivity contribution in [1.29, 1.82) is 0 Å². The van der Waals surface area contributed by atoms with Gasteiger partial charge in [-0.05, 0) is 37.1 Å². The highest BCUT2D eigenvalue weighted by molar-refractivity contribution is 7.99. The molecule has 1 amide bonds. The Labute approximate surface area is 170 Å². The van der Waals surface area contributed by atoms with Crippen LogP contribution in [0, 0.1) is 13.8 Å². The van der Waals surface area contributed by atoms with Crippen LogP contribution in [0.15, 0.2) is 22.2 Å². The third-order valence-electron chi connectivity index (χ3n) is 4.20. The number of nitrogens with zero attached hydrogens (tertiary/aromatic N) is 3. The van der Waals surface area contributed by atoms with E-state index in [-0.39, 0.29) is 22.0 Å². The Balaban J connectivity index is 2.13. The minimum absolute atomic E-state index is 0.116. The lowest BCUT2D eigenvalue weighted by Gasteiger charge is -2.16. The summed E-state index contributed by atoms with van der Waals surface area (Å²) in [5.41, 5.74) is 1.94. The number of thioether (sulfide) groups is 1. The molecule has 0 saturated carbocycles.